The van der Waals surface area contributed by atoms with Crippen LogP contribution < -0.4 is 5.32 Å². The maximum atomic E-state index is 11.2. The van der Waals surface area contributed by atoms with Gasteiger partial charge in [0.05, 0.1) is 20.6 Å². The molecule has 1 aromatic carbocycles. The number of halogens is 3. The molecule has 0 saturated carbocycles. The largest absolute Gasteiger partial charge is 0.355 e. The lowest BCUT2D eigenvalue weighted by Gasteiger charge is -2.04. The van der Waals surface area contributed by atoms with Crippen LogP contribution in [-0.2, 0) is 0 Å². The second kappa shape index (κ2) is 4.18. The number of carbonyl (C=O) groups is 1. The summed E-state index contributed by atoms with van der Waals surface area (Å²) in [4.78, 5) is 11.2. The van der Waals surface area contributed by atoms with Crippen LogP contribution in [-0.4, -0.2) is 13.0 Å². The molecule has 70 valence electrons. The summed E-state index contributed by atoms with van der Waals surface area (Å²) in [7, 11) is 1.52. The van der Waals surface area contributed by atoms with Gasteiger partial charge in [-0.05, 0) is 12.1 Å². The van der Waals surface area contributed by atoms with E-state index in [0.717, 1.165) is 0 Å². The summed E-state index contributed by atoms with van der Waals surface area (Å²) in [6.45, 7) is 0. The molecule has 1 N–H and O–H groups in total. The summed E-state index contributed by atoms with van der Waals surface area (Å²) in [5, 5.41) is 3.15. The van der Waals surface area contributed by atoms with Gasteiger partial charge >= 0.3 is 0 Å². The summed E-state index contributed by atoms with van der Waals surface area (Å²) >= 11 is 17.2. The normalized spacial score (nSPS) is 9.85. The first-order chi connectivity index (χ1) is 6.07. The van der Waals surface area contributed by atoms with Crippen molar-refractivity contribution in [1.82, 2.24) is 5.32 Å². The standard InChI is InChI=1S/C8H6Cl3NO/c1-12-8(13)4-2-3-5(9)7(11)6(4)10/h2-3H,1H3,(H,12,13). The molecule has 0 heterocycles. The quantitative estimate of drug-likeness (QED) is 0.749. The van der Waals surface area contributed by atoms with Crippen LogP contribution in [0.3, 0.4) is 0 Å². The Kier molecular flexibility index (Phi) is 3.42. The molecule has 0 aromatic heterocycles. The van der Waals surface area contributed by atoms with Crippen molar-refractivity contribution in [3.63, 3.8) is 0 Å². The molecule has 5 heteroatoms. The molecule has 0 bridgehead atoms. The van der Waals surface area contributed by atoms with Gasteiger partial charge in [-0.2, -0.15) is 0 Å². The first-order valence-corrected chi connectivity index (χ1v) is 4.57. The number of nitrogens with one attached hydrogen (secondary N) is 1. The minimum Gasteiger partial charge on any atom is -0.355 e. The SMILES string of the molecule is CNC(=O)c1ccc(Cl)c(Cl)c1Cl. The van der Waals surface area contributed by atoms with Crippen LogP contribution in [0.25, 0.3) is 0 Å². The Bertz CT molecular complexity index is 351. The van der Waals surface area contributed by atoms with Gasteiger partial charge in [0, 0.05) is 7.05 Å². The fourth-order valence-electron chi connectivity index (χ4n) is 0.836. The Morgan fingerprint density at radius 3 is 2.38 bits per heavy atom. The molecule has 0 aliphatic carbocycles. The van der Waals surface area contributed by atoms with Crippen LogP contribution in [0.1, 0.15) is 10.4 Å². The van der Waals surface area contributed by atoms with Gasteiger partial charge in [0.15, 0.2) is 0 Å². The molecular formula is C8H6Cl3NO. The van der Waals surface area contributed by atoms with Crippen LogP contribution in [0, 0.1) is 0 Å². The molecule has 0 spiro atoms. The summed E-state index contributed by atoms with van der Waals surface area (Å²) in [6, 6.07) is 3.05. The monoisotopic (exact) mass is 237 g/mol. The van der Waals surface area contributed by atoms with E-state index in [0.29, 0.717) is 10.6 Å². The van der Waals surface area contributed by atoms with Gasteiger partial charge in [0.1, 0.15) is 0 Å². The number of carbonyl (C=O) groups excluding carboxylic acids is 1. The van der Waals surface area contributed by atoms with Gasteiger partial charge in [0.25, 0.3) is 5.91 Å². The van der Waals surface area contributed by atoms with Crippen LogP contribution in [0.2, 0.25) is 15.1 Å². The number of hydrogen-bond acceptors (Lipinski definition) is 1. The Morgan fingerprint density at radius 2 is 1.85 bits per heavy atom. The number of hydrogen-bond donors (Lipinski definition) is 1. The second-order valence-corrected chi connectivity index (χ2v) is 3.47. The smallest absolute Gasteiger partial charge is 0.252 e. The minimum absolute atomic E-state index is 0.175. The van der Waals surface area contributed by atoms with E-state index in [4.69, 9.17) is 34.8 Å². The van der Waals surface area contributed by atoms with Gasteiger partial charge in [-0.3, -0.25) is 4.79 Å². The highest BCUT2D eigenvalue weighted by molar-refractivity contribution is 6.49. The lowest BCUT2D eigenvalue weighted by molar-refractivity contribution is 0.0963. The molecule has 1 aromatic rings. The average molecular weight is 239 g/mol. The van der Waals surface area contributed by atoms with E-state index in [9.17, 15) is 4.79 Å². The molecule has 0 aliphatic rings. The van der Waals surface area contributed by atoms with Crippen molar-refractivity contribution in [2.75, 3.05) is 7.05 Å². The topological polar surface area (TPSA) is 29.1 Å². The lowest BCUT2D eigenvalue weighted by atomic mass is 10.2. The van der Waals surface area contributed by atoms with E-state index < -0.39 is 0 Å². The Morgan fingerprint density at radius 1 is 1.23 bits per heavy atom. The molecule has 0 atom stereocenters. The second-order valence-electron chi connectivity index (χ2n) is 2.30. The lowest BCUT2D eigenvalue weighted by Crippen LogP contribution is -2.18. The van der Waals surface area contributed by atoms with Crippen molar-refractivity contribution in [1.29, 1.82) is 0 Å². The highest BCUT2D eigenvalue weighted by Gasteiger charge is 2.13. The molecule has 1 amide bonds. The van der Waals surface area contributed by atoms with Gasteiger partial charge in [-0.1, -0.05) is 34.8 Å². The van der Waals surface area contributed by atoms with E-state index in [2.05, 4.69) is 5.32 Å². The van der Waals surface area contributed by atoms with Gasteiger partial charge in [-0.15, -0.1) is 0 Å². The van der Waals surface area contributed by atoms with Crippen LogP contribution >= 0.6 is 34.8 Å². The fourth-order valence-corrected chi connectivity index (χ4v) is 1.46. The average Bonchev–Trinajstić information content (AvgIpc) is 2.13. The summed E-state index contributed by atoms with van der Waals surface area (Å²) in [6.07, 6.45) is 0. The summed E-state index contributed by atoms with van der Waals surface area (Å²) < 4.78 is 0. The molecule has 0 aliphatic heterocycles. The first kappa shape index (κ1) is 10.6. The minimum atomic E-state index is -0.288. The molecule has 1 rings (SSSR count). The zero-order valence-corrected chi connectivity index (χ0v) is 8.96. The third-order valence-electron chi connectivity index (χ3n) is 1.51. The summed E-state index contributed by atoms with van der Waals surface area (Å²) in [5.41, 5.74) is 0.318. The predicted octanol–water partition coefficient (Wildman–Crippen LogP) is 3.01. The maximum absolute atomic E-state index is 11.2. The molecule has 0 saturated heterocycles. The zero-order chi connectivity index (χ0) is 10.0. The number of benzene rings is 1. The van der Waals surface area contributed by atoms with Crippen LogP contribution in [0.15, 0.2) is 12.1 Å². The van der Waals surface area contributed by atoms with Crippen molar-refractivity contribution in [3.05, 3.63) is 32.8 Å². The Hall–Kier alpha value is -0.440. The third-order valence-corrected chi connectivity index (χ3v) is 2.80. The van der Waals surface area contributed by atoms with Gasteiger partial charge in [0.2, 0.25) is 0 Å². The molecule has 13 heavy (non-hydrogen) atoms. The van der Waals surface area contributed by atoms with Crippen molar-refractivity contribution in [2.24, 2.45) is 0 Å². The molecule has 0 fully saturated rings. The third kappa shape index (κ3) is 2.08. The molecule has 0 unspecified atom stereocenters. The maximum Gasteiger partial charge on any atom is 0.252 e. The van der Waals surface area contributed by atoms with E-state index in [1.807, 2.05) is 0 Å². The Labute approximate surface area is 90.8 Å². The highest BCUT2D eigenvalue weighted by Crippen LogP contribution is 2.32. The van der Waals surface area contributed by atoms with Crippen molar-refractivity contribution in [2.45, 2.75) is 0 Å². The fraction of sp³-hybridized carbons (Fsp3) is 0.125. The first-order valence-electron chi connectivity index (χ1n) is 3.43. The molecular weight excluding hydrogens is 232 g/mol. The Balaban J connectivity index is 3.26. The van der Waals surface area contributed by atoms with E-state index >= 15 is 0 Å². The molecule has 2 nitrogen and oxygen atoms in total. The highest BCUT2D eigenvalue weighted by atomic mass is 35.5. The van der Waals surface area contributed by atoms with Crippen LogP contribution in [0.5, 0.6) is 0 Å². The van der Waals surface area contributed by atoms with Crippen molar-refractivity contribution in [3.8, 4) is 0 Å². The summed E-state index contributed by atoms with van der Waals surface area (Å²) in [5.74, 6) is -0.288. The number of amides is 1. The van der Waals surface area contributed by atoms with E-state index in [1.54, 1.807) is 0 Å². The van der Waals surface area contributed by atoms with Crippen molar-refractivity contribution >= 4 is 40.7 Å². The van der Waals surface area contributed by atoms with Crippen LogP contribution in [0.4, 0.5) is 0 Å². The zero-order valence-electron chi connectivity index (χ0n) is 6.70. The van der Waals surface area contributed by atoms with E-state index in [1.165, 1.54) is 19.2 Å². The van der Waals surface area contributed by atoms with Gasteiger partial charge in [-0.25, -0.2) is 0 Å². The van der Waals surface area contributed by atoms with E-state index in [-0.39, 0.29) is 16.0 Å². The van der Waals surface area contributed by atoms with Gasteiger partial charge < -0.3 is 5.32 Å². The predicted molar refractivity (Wildman–Crippen MR) is 54.9 cm³/mol. The molecule has 0 radical (unpaired) electrons. The van der Waals surface area contributed by atoms with Crippen molar-refractivity contribution < 1.29 is 4.79 Å². The number of rotatable bonds is 1.